The van der Waals surface area contributed by atoms with E-state index in [9.17, 15) is 4.79 Å². The molecule has 0 bridgehead atoms. The van der Waals surface area contributed by atoms with Gasteiger partial charge in [0, 0.05) is 13.1 Å². The fourth-order valence-corrected chi connectivity index (χ4v) is 2.01. The second kappa shape index (κ2) is 10.2. The zero-order valence-electron chi connectivity index (χ0n) is 13.4. The van der Waals surface area contributed by atoms with Gasteiger partial charge in [0.15, 0.2) is 0 Å². The molecule has 4 heteroatoms. The predicted octanol–water partition coefficient (Wildman–Crippen LogP) is 2.43. The number of hydrogen-bond acceptors (Lipinski definition) is 4. The number of likely N-dealkylation sites (N-methyl/N-ethyl adjacent to an activating group) is 1. The Hall–Kier alpha value is -0.610. The summed E-state index contributed by atoms with van der Waals surface area (Å²) in [4.78, 5) is 14.2. The van der Waals surface area contributed by atoms with Gasteiger partial charge < -0.3 is 15.0 Å². The molecule has 0 saturated heterocycles. The van der Waals surface area contributed by atoms with Crippen molar-refractivity contribution in [2.75, 3.05) is 33.8 Å². The van der Waals surface area contributed by atoms with E-state index >= 15 is 0 Å². The Kier molecular flexibility index (Phi) is 9.88. The molecule has 0 heterocycles. The van der Waals surface area contributed by atoms with Gasteiger partial charge in [-0.05, 0) is 34.4 Å². The van der Waals surface area contributed by atoms with Crippen molar-refractivity contribution in [3.05, 3.63) is 0 Å². The van der Waals surface area contributed by atoms with E-state index in [2.05, 4.69) is 17.1 Å². The molecule has 0 aliphatic rings. The highest BCUT2D eigenvalue weighted by Crippen LogP contribution is 2.17. The minimum absolute atomic E-state index is 0.120. The van der Waals surface area contributed by atoms with Crippen LogP contribution in [0.25, 0.3) is 0 Å². The summed E-state index contributed by atoms with van der Waals surface area (Å²) < 4.78 is 5.21. The Labute approximate surface area is 118 Å². The van der Waals surface area contributed by atoms with E-state index in [0.717, 1.165) is 25.9 Å². The fraction of sp³-hybridized carbons (Fsp3) is 0.933. The average Bonchev–Trinajstić information content (AvgIpc) is 2.34. The van der Waals surface area contributed by atoms with Gasteiger partial charge in [-0.3, -0.25) is 4.79 Å². The monoisotopic (exact) mass is 272 g/mol. The van der Waals surface area contributed by atoms with Crippen LogP contribution in [0.5, 0.6) is 0 Å². The normalized spacial score (nSPS) is 14.4. The van der Waals surface area contributed by atoms with Gasteiger partial charge in [0.05, 0.1) is 6.61 Å². The largest absolute Gasteiger partial charge is 0.465 e. The van der Waals surface area contributed by atoms with Crippen LogP contribution in [0.3, 0.4) is 0 Å². The smallest absolute Gasteiger partial charge is 0.326 e. The van der Waals surface area contributed by atoms with Gasteiger partial charge in [-0.15, -0.1) is 0 Å². The fourth-order valence-electron chi connectivity index (χ4n) is 2.01. The maximum Gasteiger partial charge on any atom is 0.326 e. The minimum Gasteiger partial charge on any atom is -0.465 e. The molecule has 19 heavy (non-hydrogen) atoms. The Balaban J connectivity index is 4.31. The van der Waals surface area contributed by atoms with Crippen LogP contribution in [0.4, 0.5) is 0 Å². The molecule has 0 radical (unpaired) electrons. The third-order valence-electron chi connectivity index (χ3n) is 3.33. The Bertz CT molecular complexity index is 244. The quantitative estimate of drug-likeness (QED) is 0.463. The summed E-state index contributed by atoms with van der Waals surface area (Å²) in [5.41, 5.74) is -0.542. The number of esters is 1. The second-order valence-corrected chi connectivity index (χ2v) is 5.59. The number of unbranched alkanes of at least 4 members (excludes halogenated alkanes) is 3. The topological polar surface area (TPSA) is 41.6 Å². The van der Waals surface area contributed by atoms with Gasteiger partial charge in [-0.2, -0.15) is 0 Å². The highest BCUT2D eigenvalue weighted by Gasteiger charge is 2.33. The van der Waals surface area contributed by atoms with Crippen molar-refractivity contribution in [1.82, 2.24) is 10.2 Å². The van der Waals surface area contributed by atoms with Crippen LogP contribution < -0.4 is 5.32 Å². The number of hydrogen-bond donors (Lipinski definition) is 1. The van der Waals surface area contributed by atoms with E-state index < -0.39 is 5.54 Å². The number of nitrogens with one attached hydrogen (secondary N) is 1. The summed E-state index contributed by atoms with van der Waals surface area (Å²) in [5.74, 6) is -0.120. The van der Waals surface area contributed by atoms with Crippen LogP contribution in [0.2, 0.25) is 0 Å². The van der Waals surface area contributed by atoms with Crippen molar-refractivity contribution in [3.8, 4) is 0 Å². The van der Waals surface area contributed by atoms with Gasteiger partial charge in [0.25, 0.3) is 0 Å². The SMILES string of the molecule is CCCCCCC(C)(NCCN(C)C)C(=O)OCC. The lowest BCUT2D eigenvalue weighted by molar-refractivity contribution is -0.150. The molecule has 0 aromatic rings. The van der Waals surface area contributed by atoms with Crippen molar-refractivity contribution in [2.45, 2.75) is 58.4 Å². The summed E-state index contributed by atoms with van der Waals surface area (Å²) in [6.45, 7) is 8.18. The van der Waals surface area contributed by atoms with E-state index in [-0.39, 0.29) is 5.97 Å². The first-order valence-electron chi connectivity index (χ1n) is 7.53. The first-order chi connectivity index (χ1) is 8.96. The van der Waals surface area contributed by atoms with Crippen molar-refractivity contribution >= 4 is 5.97 Å². The Morgan fingerprint density at radius 1 is 1.21 bits per heavy atom. The summed E-state index contributed by atoms with van der Waals surface area (Å²) >= 11 is 0. The lowest BCUT2D eigenvalue weighted by Crippen LogP contribution is -2.52. The van der Waals surface area contributed by atoms with Crippen molar-refractivity contribution in [2.24, 2.45) is 0 Å². The van der Waals surface area contributed by atoms with E-state index in [0.29, 0.717) is 6.61 Å². The molecule has 1 atom stereocenters. The van der Waals surface area contributed by atoms with E-state index in [1.807, 2.05) is 27.9 Å². The van der Waals surface area contributed by atoms with Crippen LogP contribution in [-0.2, 0) is 9.53 Å². The molecule has 1 N–H and O–H groups in total. The molecule has 0 amide bonds. The zero-order valence-corrected chi connectivity index (χ0v) is 13.4. The van der Waals surface area contributed by atoms with Crippen molar-refractivity contribution in [3.63, 3.8) is 0 Å². The van der Waals surface area contributed by atoms with Crippen molar-refractivity contribution < 1.29 is 9.53 Å². The highest BCUT2D eigenvalue weighted by atomic mass is 16.5. The Morgan fingerprint density at radius 2 is 1.89 bits per heavy atom. The lowest BCUT2D eigenvalue weighted by atomic mass is 9.94. The number of rotatable bonds is 11. The molecule has 0 rings (SSSR count). The van der Waals surface area contributed by atoms with Crippen LogP contribution in [-0.4, -0.2) is 50.2 Å². The molecule has 1 unspecified atom stereocenters. The second-order valence-electron chi connectivity index (χ2n) is 5.59. The third kappa shape index (κ3) is 8.22. The molecule has 114 valence electrons. The number of ether oxygens (including phenoxy) is 1. The van der Waals surface area contributed by atoms with Gasteiger partial charge >= 0.3 is 5.97 Å². The zero-order chi connectivity index (χ0) is 14.7. The molecule has 0 saturated carbocycles. The first kappa shape index (κ1) is 18.4. The van der Waals surface area contributed by atoms with Crippen LogP contribution in [0.15, 0.2) is 0 Å². The number of carbonyl (C=O) groups is 1. The molecule has 0 aliphatic heterocycles. The Morgan fingerprint density at radius 3 is 2.42 bits per heavy atom. The first-order valence-corrected chi connectivity index (χ1v) is 7.53. The molecule has 4 nitrogen and oxygen atoms in total. The molecular weight excluding hydrogens is 240 g/mol. The van der Waals surface area contributed by atoms with E-state index in [4.69, 9.17) is 4.74 Å². The number of carbonyl (C=O) groups excluding carboxylic acids is 1. The summed E-state index contributed by atoms with van der Waals surface area (Å²) in [5, 5.41) is 3.37. The predicted molar refractivity (Wildman–Crippen MR) is 80.4 cm³/mol. The number of nitrogens with zero attached hydrogens (tertiary/aromatic N) is 1. The van der Waals surface area contributed by atoms with E-state index in [1.165, 1.54) is 19.3 Å². The van der Waals surface area contributed by atoms with Gasteiger partial charge in [-0.25, -0.2) is 0 Å². The van der Waals surface area contributed by atoms with Crippen LogP contribution >= 0.6 is 0 Å². The van der Waals surface area contributed by atoms with Gasteiger partial charge in [-0.1, -0.05) is 32.6 Å². The molecule has 0 spiro atoms. The van der Waals surface area contributed by atoms with Gasteiger partial charge in [0.1, 0.15) is 5.54 Å². The summed E-state index contributed by atoms with van der Waals surface area (Å²) in [7, 11) is 4.06. The molecule has 0 aromatic carbocycles. The molecule has 0 aliphatic carbocycles. The minimum atomic E-state index is -0.542. The summed E-state index contributed by atoms with van der Waals surface area (Å²) in [6.07, 6.45) is 5.54. The average molecular weight is 272 g/mol. The maximum atomic E-state index is 12.1. The van der Waals surface area contributed by atoms with Crippen LogP contribution in [0, 0.1) is 0 Å². The molecule has 0 fully saturated rings. The summed E-state index contributed by atoms with van der Waals surface area (Å²) in [6, 6.07) is 0. The van der Waals surface area contributed by atoms with E-state index in [1.54, 1.807) is 0 Å². The highest BCUT2D eigenvalue weighted by molar-refractivity contribution is 5.80. The lowest BCUT2D eigenvalue weighted by Gasteiger charge is -2.29. The maximum absolute atomic E-state index is 12.1. The van der Waals surface area contributed by atoms with Crippen LogP contribution in [0.1, 0.15) is 52.9 Å². The molecule has 0 aromatic heterocycles. The standard InChI is InChI=1S/C15H32N2O2/c1-6-8-9-10-11-15(3,14(18)19-7-2)16-12-13-17(4)5/h16H,6-13H2,1-5H3. The van der Waals surface area contributed by atoms with Gasteiger partial charge in [0.2, 0.25) is 0 Å². The van der Waals surface area contributed by atoms with Crippen molar-refractivity contribution in [1.29, 1.82) is 0 Å². The third-order valence-corrected chi connectivity index (χ3v) is 3.33. The molecular formula is C15H32N2O2.